The van der Waals surface area contributed by atoms with E-state index in [1.54, 1.807) is 6.92 Å². The van der Waals surface area contributed by atoms with Gasteiger partial charge in [0.25, 0.3) is 0 Å². The maximum Gasteiger partial charge on any atom is 0.325 e. The first kappa shape index (κ1) is 14.0. The van der Waals surface area contributed by atoms with Gasteiger partial charge in [-0.25, -0.2) is 0 Å². The van der Waals surface area contributed by atoms with Crippen molar-refractivity contribution in [1.82, 2.24) is 4.90 Å². The summed E-state index contributed by atoms with van der Waals surface area (Å²) in [4.78, 5) is 28.1. The van der Waals surface area contributed by atoms with Crippen molar-refractivity contribution in [2.45, 2.75) is 70.8 Å². The van der Waals surface area contributed by atoms with E-state index in [4.69, 9.17) is 14.6 Å². The minimum Gasteiger partial charge on any atom is -0.461 e. The van der Waals surface area contributed by atoms with Crippen LogP contribution in [0, 0.1) is 0 Å². The number of aliphatic imine (C=N–C) groups is 1. The fourth-order valence-corrected chi connectivity index (χ4v) is 2.37. The van der Waals surface area contributed by atoms with E-state index in [-0.39, 0.29) is 12.5 Å². The molecule has 0 aromatic rings. The number of rotatable bonds is 0. The Kier molecular flexibility index (Phi) is 6.50. The lowest BCUT2D eigenvalue weighted by molar-refractivity contribution is -0.148. The van der Waals surface area contributed by atoms with Crippen LogP contribution in [0.5, 0.6) is 0 Å². The first-order valence-corrected chi connectivity index (χ1v) is 8.04. The summed E-state index contributed by atoms with van der Waals surface area (Å²) in [6.07, 6.45) is 7.61. The van der Waals surface area contributed by atoms with Gasteiger partial charge in [0.1, 0.15) is 6.54 Å². The van der Waals surface area contributed by atoms with Gasteiger partial charge in [-0.15, -0.1) is 0 Å². The third kappa shape index (κ3) is 8.00. The summed E-state index contributed by atoms with van der Waals surface area (Å²) >= 11 is 0. The Morgan fingerprint density at radius 1 is 1.18 bits per heavy atom. The van der Waals surface area contributed by atoms with Crippen LogP contribution in [0.4, 0.5) is 0 Å². The van der Waals surface area contributed by atoms with E-state index in [0.717, 1.165) is 44.9 Å². The van der Waals surface area contributed by atoms with Crippen LogP contribution in [-0.4, -0.2) is 42.4 Å². The van der Waals surface area contributed by atoms with E-state index in [1.165, 1.54) is 0 Å². The number of carbonyl (C=O) groups is 2. The topological polar surface area (TPSA) is 85.0 Å². The zero-order valence-corrected chi connectivity index (χ0v) is 13.3. The highest BCUT2D eigenvalue weighted by Crippen LogP contribution is 2.12. The van der Waals surface area contributed by atoms with E-state index in [2.05, 4.69) is 4.99 Å². The Labute approximate surface area is 137 Å². The van der Waals surface area contributed by atoms with Crippen LogP contribution < -0.4 is 5.73 Å². The van der Waals surface area contributed by atoms with Crippen molar-refractivity contribution in [3.05, 3.63) is 0 Å². The molecule has 0 spiro atoms. The van der Waals surface area contributed by atoms with Gasteiger partial charge in [0.05, 0.1) is 6.10 Å². The molecule has 1 heterocycles. The number of esters is 1. The van der Waals surface area contributed by atoms with Crippen LogP contribution in [0.1, 0.15) is 68.8 Å². The molecule has 0 unspecified atom stereocenters. The molecule has 0 aromatic carbocycles. The number of hydrogen-bond acceptors (Lipinski definition) is 5. The second-order valence-corrected chi connectivity index (χ2v) is 5.76. The van der Waals surface area contributed by atoms with Crippen molar-refractivity contribution in [2.24, 2.45) is 10.7 Å². The summed E-state index contributed by atoms with van der Waals surface area (Å²) in [6.45, 7) is -1.46. The Hall–Kier alpha value is -1.59. The monoisotopic (exact) mass is 314 g/mol. The van der Waals surface area contributed by atoms with Crippen LogP contribution in [0.3, 0.4) is 0 Å². The molecule has 1 amide bonds. The molecule has 1 rings (SSSR count). The van der Waals surface area contributed by atoms with Gasteiger partial charge in [-0.1, -0.05) is 32.1 Å². The molecule has 0 saturated heterocycles. The average molecular weight is 314 g/mol. The Bertz CT molecular complexity index is 481. The summed E-state index contributed by atoms with van der Waals surface area (Å²) in [6, 6.07) is 0. The molecule has 1 atom stereocenters. The summed E-state index contributed by atoms with van der Waals surface area (Å²) in [5, 5.41) is 0. The molecular weight excluding hydrogens is 282 g/mol. The maximum absolute atomic E-state index is 12.0. The van der Waals surface area contributed by atoms with Crippen molar-refractivity contribution in [3.63, 3.8) is 0 Å². The van der Waals surface area contributed by atoms with Crippen molar-refractivity contribution >= 4 is 17.8 Å². The highest BCUT2D eigenvalue weighted by atomic mass is 16.5. The number of cyclic esters (lactones) is 1. The molecule has 1 aliphatic heterocycles. The number of carbonyl (C=O) groups excluding carboxylic acids is 2. The molecule has 6 nitrogen and oxygen atoms in total. The van der Waals surface area contributed by atoms with E-state index in [0.29, 0.717) is 11.3 Å². The normalized spacial score (nSPS) is 27.0. The number of nitrogens with two attached hydrogens (primary N) is 1. The maximum atomic E-state index is 12.0. The van der Waals surface area contributed by atoms with Crippen molar-refractivity contribution in [3.8, 4) is 0 Å². The van der Waals surface area contributed by atoms with Crippen LogP contribution in [0.15, 0.2) is 4.99 Å². The van der Waals surface area contributed by atoms with Gasteiger partial charge in [-0.2, -0.15) is 4.99 Å². The van der Waals surface area contributed by atoms with Gasteiger partial charge >= 0.3 is 5.97 Å². The number of nitrogens with zero attached hydrogens (tertiary/aromatic N) is 2. The highest BCUT2D eigenvalue weighted by molar-refractivity contribution is 5.93. The number of guanidine groups is 1. The predicted molar refractivity (Wildman–Crippen MR) is 86.4 cm³/mol. The molecular formula is C16H29N3O3. The van der Waals surface area contributed by atoms with E-state index in [1.807, 2.05) is 0 Å². The van der Waals surface area contributed by atoms with Gasteiger partial charge in [-0.3, -0.25) is 9.59 Å². The summed E-state index contributed by atoms with van der Waals surface area (Å²) in [5.41, 5.74) is 5.67. The number of amides is 1. The largest absolute Gasteiger partial charge is 0.461 e. The van der Waals surface area contributed by atoms with E-state index in [9.17, 15) is 9.59 Å². The Morgan fingerprint density at radius 2 is 1.82 bits per heavy atom. The number of hydrogen-bond donors (Lipinski definition) is 1. The molecule has 0 aliphatic carbocycles. The molecule has 6 heteroatoms. The predicted octanol–water partition coefficient (Wildman–Crippen LogP) is 2.22. The molecule has 126 valence electrons. The zero-order valence-electron chi connectivity index (χ0n) is 16.3. The van der Waals surface area contributed by atoms with Gasteiger partial charge in [0.15, 0.2) is 5.96 Å². The third-order valence-electron chi connectivity index (χ3n) is 3.64. The lowest BCUT2D eigenvalue weighted by atomic mass is 10.1. The zero-order chi connectivity index (χ0) is 18.9. The van der Waals surface area contributed by atoms with Gasteiger partial charge in [0.2, 0.25) is 5.91 Å². The number of likely N-dealkylation sites (N-methyl/N-ethyl adjacent to an activating group) is 1. The summed E-state index contributed by atoms with van der Waals surface area (Å²) in [7, 11) is 0. The molecule has 0 aromatic heterocycles. The molecule has 0 fully saturated rings. The Balaban J connectivity index is 2.85. The molecule has 22 heavy (non-hydrogen) atoms. The Morgan fingerprint density at radius 3 is 2.50 bits per heavy atom. The van der Waals surface area contributed by atoms with E-state index >= 15 is 0 Å². The third-order valence-corrected chi connectivity index (χ3v) is 3.64. The van der Waals surface area contributed by atoms with Crippen LogP contribution >= 0.6 is 0 Å². The highest BCUT2D eigenvalue weighted by Gasteiger charge is 2.14. The van der Waals surface area contributed by atoms with Crippen molar-refractivity contribution in [2.75, 3.05) is 13.5 Å². The molecule has 0 bridgehead atoms. The first-order valence-electron chi connectivity index (χ1n) is 9.54. The van der Waals surface area contributed by atoms with Gasteiger partial charge < -0.3 is 15.4 Å². The quantitative estimate of drug-likeness (QED) is 0.693. The van der Waals surface area contributed by atoms with Crippen molar-refractivity contribution < 1.29 is 18.4 Å². The van der Waals surface area contributed by atoms with E-state index < -0.39 is 31.4 Å². The van der Waals surface area contributed by atoms with Gasteiger partial charge in [-0.05, 0) is 26.2 Å². The fourth-order valence-electron chi connectivity index (χ4n) is 2.37. The molecule has 1 aliphatic rings. The first-order chi connectivity index (χ1) is 11.7. The van der Waals surface area contributed by atoms with Crippen LogP contribution in [0.25, 0.3) is 0 Å². The van der Waals surface area contributed by atoms with Crippen LogP contribution in [0.2, 0.25) is 0 Å². The van der Waals surface area contributed by atoms with Crippen LogP contribution in [-0.2, 0) is 14.3 Å². The lowest BCUT2D eigenvalue weighted by Gasteiger charge is -2.19. The standard InChI is InChI=1S/C16H29N3O3/c1-13-10-8-6-4-3-5-7-9-11-14(20)18-16(17)19(2)12-15(21)22-13/h13H,3-12H2,1-2H3,(H2,17,18,20)/t13-/m0/s1/i2D3. The fraction of sp³-hybridized carbons (Fsp3) is 0.812. The second kappa shape index (κ2) is 10.2. The SMILES string of the molecule is [2H]C([2H])([2H])N1CC(=O)O[C@@H](C)CCCCCCCCCC(=O)N=C1N. The second-order valence-electron chi connectivity index (χ2n) is 5.76. The molecule has 2 N–H and O–H groups in total. The minimum absolute atomic E-state index is 0.219. The van der Waals surface area contributed by atoms with Gasteiger partial charge in [0, 0.05) is 17.5 Å². The average Bonchev–Trinajstić information content (AvgIpc) is 2.49. The summed E-state index contributed by atoms with van der Waals surface area (Å²) in [5.74, 6) is -1.64. The molecule has 0 radical (unpaired) electrons. The lowest BCUT2D eigenvalue weighted by Crippen LogP contribution is -2.39. The smallest absolute Gasteiger partial charge is 0.325 e. The molecule has 0 saturated carbocycles. The minimum atomic E-state index is -2.68. The number of ether oxygens (including phenoxy) is 1. The van der Waals surface area contributed by atoms with Crippen molar-refractivity contribution in [1.29, 1.82) is 0 Å². The summed E-state index contributed by atoms with van der Waals surface area (Å²) < 4.78 is 27.8.